The van der Waals surface area contributed by atoms with Gasteiger partial charge in [0.1, 0.15) is 0 Å². The maximum Gasteiger partial charge on any atom is 0.253 e. The van der Waals surface area contributed by atoms with Crippen molar-refractivity contribution < 1.29 is 4.79 Å². The fourth-order valence-electron chi connectivity index (χ4n) is 2.95. The quantitative estimate of drug-likeness (QED) is 0.868. The highest BCUT2D eigenvalue weighted by Gasteiger charge is 2.23. The zero-order chi connectivity index (χ0) is 14.7. The number of aryl methyl sites for hydroxylation is 1. The minimum Gasteiger partial charge on any atom is -0.339 e. The van der Waals surface area contributed by atoms with Crippen LogP contribution in [0.4, 0.5) is 0 Å². The molecule has 21 heavy (non-hydrogen) atoms. The fourth-order valence-corrected chi connectivity index (χ4v) is 2.95. The molecule has 1 aromatic carbocycles. The Morgan fingerprint density at radius 3 is 2.76 bits per heavy atom. The van der Waals surface area contributed by atoms with Crippen molar-refractivity contribution in [2.45, 2.75) is 26.3 Å². The van der Waals surface area contributed by atoms with Crippen LogP contribution in [-0.2, 0) is 6.54 Å². The molecule has 0 spiro atoms. The summed E-state index contributed by atoms with van der Waals surface area (Å²) in [5.41, 5.74) is 1.94. The zero-order valence-electron chi connectivity index (χ0n) is 12.4. The topological polar surface area (TPSA) is 38.1 Å². The molecule has 2 aromatic rings. The van der Waals surface area contributed by atoms with Crippen molar-refractivity contribution in [2.24, 2.45) is 5.92 Å². The number of likely N-dealkylation sites (tertiary alicyclic amines) is 1. The maximum atomic E-state index is 12.5. The number of aromatic nitrogens is 2. The summed E-state index contributed by atoms with van der Waals surface area (Å²) in [5.74, 6) is 0.780. The highest BCUT2D eigenvalue weighted by Crippen LogP contribution is 2.20. The van der Waals surface area contributed by atoms with Gasteiger partial charge in [-0.05, 0) is 43.9 Å². The van der Waals surface area contributed by atoms with E-state index in [-0.39, 0.29) is 5.91 Å². The molecular formula is C17H21N3O. The van der Waals surface area contributed by atoms with E-state index in [0.717, 1.165) is 43.6 Å². The Hall–Kier alpha value is -2.10. The number of nitrogens with zero attached hydrogens (tertiary/aromatic N) is 3. The largest absolute Gasteiger partial charge is 0.339 e. The highest BCUT2D eigenvalue weighted by molar-refractivity contribution is 5.94. The second-order valence-corrected chi connectivity index (χ2v) is 5.83. The SMILES string of the molecule is Cc1cccc(C(=O)N2CCC(Cn3cccn3)CC2)c1. The molecule has 1 saturated heterocycles. The van der Waals surface area contributed by atoms with Gasteiger partial charge in [-0.1, -0.05) is 17.7 Å². The lowest BCUT2D eigenvalue weighted by molar-refractivity contribution is 0.0681. The van der Waals surface area contributed by atoms with Gasteiger partial charge in [0, 0.05) is 37.6 Å². The van der Waals surface area contributed by atoms with Gasteiger partial charge in [-0.3, -0.25) is 9.48 Å². The second-order valence-electron chi connectivity index (χ2n) is 5.83. The van der Waals surface area contributed by atoms with E-state index in [4.69, 9.17) is 0 Å². The molecule has 1 aliphatic rings. The van der Waals surface area contributed by atoms with Gasteiger partial charge in [-0.2, -0.15) is 5.10 Å². The number of amides is 1. The first-order chi connectivity index (χ1) is 10.2. The van der Waals surface area contributed by atoms with Crippen LogP contribution in [0.2, 0.25) is 0 Å². The van der Waals surface area contributed by atoms with Gasteiger partial charge >= 0.3 is 0 Å². The van der Waals surface area contributed by atoms with E-state index in [9.17, 15) is 4.79 Å². The first-order valence-electron chi connectivity index (χ1n) is 7.56. The van der Waals surface area contributed by atoms with Gasteiger partial charge < -0.3 is 4.90 Å². The third-order valence-corrected chi connectivity index (χ3v) is 4.17. The van der Waals surface area contributed by atoms with Gasteiger partial charge in [-0.15, -0.1) is 0 Å². The Labute approximate surface area is 125 Å². The van der Waals surface area contributed by atoms with E-state index in [2.05, 4.69) is 5.10 Å². The summed E-state index contributed by atoms with van der Waals surface area (Å²) in [7, 11) is 0. The molecule has 2 heterocycles. The van der Waals surface area contributed by atoms with Crippen molar-refractivity contribution in [3.63, 3.8) is 0 Å². The molecule has 0 bridgehead atoms. The Morgan fingerprint density at radius 1 is 1.29 bits per heavy atom. The minimum atomic E-state index is 0.163. The van der Waals surface area contributed by atoms with Crippen molar-refractivity contribution in [3.05, 3.63) is 53.9 Å². The Kier molecular flexibility index (Phi) is 4.04. The average molecular weight is 283 g/mol. The highest BCUT2D eigenvalue weighted by atomic mass is 16.2. The molecule has 3 rings (SSSR count). The lowest BCUT2D eigenvalue weighted by atomic mass is 9.96. The van der Waals surface area contributed by atoms with Crippen molar-refractivity contribution in [3.8, 4) is 0 Å². The summed E-state index contributed by atoms with van der Waals surface area (Å²) in [5, 5.41) is 4.26. The van der Waals surface area contributed by atoms with E-state index < -0.39 is 0 Å². The lowest BCUT2D eigenvalue weighted by Gasteiger charge is -2.32. The molecule has 0 unspecified atom stereocenters. The molecule has 1 fully saturated rings. The molecule has 0 saturated carbocycles. The molecular weight excluding hydrogens is 262 g/mol. The number of carbonyl (C=O) groups is 1. The second kappa shape index (κ2) is 6.12. The molecule has 0 N–H and O–H groups in total. The molecule has 0 aliphatic carbocycles. The third kappa shape index (κ3) is 3.32. The number of benzene rings is 1. The van der Waals surface area contributed by atoms with Gasteiger partial charge in [0.15, 0.2) is 0 Å². The molecule has 1 aromatic heterocycles. The van der Waals surface area contributed by atoms with Crippen molar-refractivity contribution in [1.29, 1.82) is 0 Å². The summed E-state index contributed by atoms with van der Waals surface area (Å²) < 4.78 is 1.99. The van der Waals surface area contributed by atoms with Crippen LogP contribution < -0.4 is 0 Å². The van der Waals surface area contributed by atoms with Crippen molar-refractivity contribution >= 4 is 5.91 Å². The van der Waals surface area contributed by atoms with E-state index in [1.54, 1.807) is 0 Å². The summed E-state index contributed by atoms with van der Waals surface area (Å²) in [4.78, 5) is 14.5. The standard InChI is InChI=1S/C17H21N3O/c1-14-4-2-5-16(12-14)17(21)19-10-6-15(7-11-19)13-20-9-3-8-18-20/h2-5,8-9,12,15H,6-7,10-11,13H2,1H3. The predicted octanol–water partition coefficient (Wildman–Crippen LogP) is 2.74. The molecule has 110 valence electrons. The van der Waals surface area contributed by atoms with Crippen molar-refractivity contribution in [2.75, 3.05) is 13.1 Å². The molecule has 0 radical (unpaired) electrons. The van der Waals surface area contributed by atoms with E-state index in [1.165, 1.54) is 0 Å². The number of hydrogen-bond donors (Lipinski definition) is 0. The third-order valence-electron chi connectivity index (χ3n) is 4.17. The van der Waals surface area contributed by atoms with E-state index in [1.807, 2.05) is 59.2 Å². The summed E-state index contributed by atoms with van der Waals surface area (Å²) >= 11 is 0. The van der Waals surface area contributed by atoms with Gasteiger partial charge in [-0.25, -0.2) is 0 Å². The molecule has 1 amide bonds. The summed E-state index contributed by atoms with van der Waals surface area (Å²) in [6, 6.07) is 9.81. The van der Waals surface area contributed by atoms with Crippen LogP contribution in [-0.4, -0.2) is 33.7 Å². The smallest absolute Gasteiger partial charge is 0.253 e. The first kappa shape index (κ1) is 13.9. The number of hydrogen-bond acceptors (Lipinski definition) is 2. The fraction of sp³-hybridized carbons (Fsp3) is 0.412. The molecule has 0 atom stereocenters. The molecule has 4 heteroatoms. The van der Waals surface area contributed by atoms with E-state index >= 15 is 0 Å². The monoisotopic (exact) mass is 283 g/mol. The van der Waals surface area contributed by atoms with Crippen LogP contribution in [0.25, 0.3) is 0 Å². The number of rotatable bonds is 3. The minimum absolute atomic E-state index is 0.163. The summed E-state index contributed by atoms with van der Waals surface area (Å²) in [6.45, 7) is 4.67. The van der Waals surface area contributed by atoms with Crippen LogP contribution >= 0.6 is 0 Å². The van der Waals surface area contributed by atoms with Gasteiger partial charge in [0.05, 0.1) is 0 Å². The van der Waals surface area contributed by atoms with Crippen LogP contribution in [0.3, 0.4) is 0 Å². The van der Waals surface area contributed by atoms with Gasteiger partial charge in [0.25, 0.3) is 5.91 Å². The number of piperidine rings is 1. The zero-order valence-corrected chi connectivity index (χ0v) is 12.4. The van der Waals surface area contributed by atoms with Crippen LogP contribution in [0.1, 0.15) is 28.8 Å². The maximum absolute atomic E-state index is 12.5. The average Bonchev–Trinajstić information content (AvgIpc) is 3.00. The van der Waals surface area contributed by atoms with Gasteiger partial charge in [0.2, 0.25) is 0 Å². The van der Waals surface area contributed by atoms with Crippen LogP contribution in [0.5, 0.6) is 0 Å². The lowest BCUT2D eigenvalue weighted by Crippen LogP contribution is -2.39. The normalized spacial score (nSPS) is 16.1. The Balaban J connectivity index is 1.57. The Bertz CT molecular complexity index is 598. The van der Waals surface area contributed by atoms with Crippen LogP contribution in [0, 0.1) is 12.8 Å². The predicted molar refractivity (Wildman–Crippen MR) is 82.0 cm³/mol. The Morgan fingerprint density at radius 2 is 2.10 bits per heavy atom. The van der Waals surface area contributed by atoms with Crippen molar-refractivity contribution in [1.82, 2.24) is 14.7 Å². The molecule has 4 nitrogen and oxygen atoms in total. The van der Waals surface area contributed by atoms with Crippen LogP contribution in [0.15, 0.2) is 42.7 Å². The van der Waals surface area contributed by atoms with E-state index in [0.29, 0.717) is 5.92 Å². The molecule has 1 aliphatic heterocycles. The number of carbonyl (C=O) groups excluding carboxylic acids is 1. The first-order valence-corrected chi connectivity index (χ1v) is 7.56. The summed E-state index contributed by atoms with van der Waals surface area (Å²) in [6.07, 6.45) is 5.93.